The van der Waals surface area contributed by atoms with Gasteiger partial charge in [0.25, 0.3) is 5.91 Å². The Kier molecular flexibility index (Phi) is 4.71. The van der Waals surface area contributed by atoms with Gasteiger partial charge in [-0.1, -0.05) is 6.92 Å². The number of aromatic nitrogens is 4. The predicted molar refractivity (Wildman–Crippen MR) is 97.5 cm³/mol. The normalized spacial score (nSPS) is 17.0. The average molecular weight is 343 g/mol. The average Bonchev–Trinajstić information content (AvgIpc) is 3.06. The van der Waals surface area contributed by atoms with E-state index in [-0.39, 0.29) is 11.9 Å². The van der Waals surface area contributed by atoms with Gasteiger partial charge in [-0.05, 0) is 52.9 Å². The third-order valence-electron chi connectivity index (χ3n) is 5.47. The number of nitrogens with zero attached hydrogens (tertiary/aromatic N) is 4. The summed E-state index contributed by atoms with van der Waals surface area (Å²) in [6.07, 6.45) is 3.08. The molecule has 1 aliphatic rings. The van der Waals surface area contributed by atoms with Gasteiger partial charge in [0.1, 0.15) is 0 Å². The minimum atomic E-state index is 0.0178. The molecular formula is C19H29N5O. The van der Waals surface area contributed by atoms with Crippen molar-refractivity contribution in [1.29, 1.82) is 0 Å². The van der Waals surface area contributed by atoms with Gasteiger partial charge in [-0.25, -0.2) is 0 Å². The van der Waals surface area contributed by atoms with Crippen molar-refractivity contribution in [2.45, 2.75) is 66.5 Å². The molecule has 25 heavy (non-hydrogen) atoms. The van der Waals surface area contributed by atoms with Gasteiger partial charge in [-0.15, -0.1) is 0 Å². The minimum absolute atomic E-state index is 0.0178. The summed E-state index contributed by atoms with van der Waals surface area (Å²) in [5.41, 5.74) is 6.08. The Hall–Kier alpha value is -2.11. The summed E-state index contributed by atoms with van der Waals surface area (Å²) >= 11 is 0. The molecule has 0 radical (unpaired) electrons. The molecule has 0 fully saturated rings. The summed E-state index contributed by atoms with van der Waals surface area (Å²) in [6, 6.07) is 0.0971. The maximum atomic E-state index is 13.3. The number of hydrogen-bond donors (Lipinski definition) is 1. The topological polar surface area (TPSA) is 66.8 Å². The van der Waals surface area contributed by atoms with Crippen LogP contribution in [0, 0.1) is 19.8 Å². The van der Waals surface area contributed by atoms with Crippen molar-refractivity contribution >= 4 is 5.91 Å². The molecule has 1 amide bonds. The molecule has 0 saturated heterocycles. The van der Waals surface area contributed by atoms with Crippen LogP contribution in [0.25, 0.3) is 0 Å². The van der Waals surface area contributed by atoms with Crippen molar-refractivity contribution < 1.29 is 4.79 Å². The molecule has 2 aromatic rings. The highest BCUT2D eigenvalue weighted by atomic mass is 16.2. The molecule has 1 N–H and O–H groups in total. The van der Waals surface area contributed by atoms with Crippen LogP contribution in [-0.2, 0) is 26.4 Å². The molecule has 2 aromatic heterocycles. The van der Waals surface area contributed by atoms with Crippen LogP contribution in [0.4, 0.5) is 0 Å². The molecule has 136 valence electrons. The first-order valence-electron chi connectivity index (χ1n) is 9.15. The fourth-order valence-electron chi connectivity index (χ4n) is 3.69. The highest BCUT2D eigenvalue weighted by Gasteiger charge is 2.29. The summed E-state index contributed by atoms with van der Waals surface area (Å²) < 4.78 is 1.88. The van der Waals surface area contributed by atoms with Crippen molar-refractivity contribution in [3.63, 3.8) is 0 Å². The molecule has 1 atom stereocenters. The molecular weight excluding hydrogens is 314 g/mol. The second-order valence-corrected chi connectivity index (χ2v) is 7.68. The molecule has 0 bridgehead atoms. The molecule has 2 heterocycles. The zero-order valence-electron chi connectivity index (χ0n) is 16.2. The van der Waals surface area contributed by atoms with Crippen LogP contribution in [0.15, 0.2) is 0 Å². The second kappa shape index (κ2) is 6.65. The summed E-state index contributed by atoms with van der Waals surface area (Å²) in [7, 11) is 1.94. The van der Waals surface area contributed by atoms with Crippen molar-refractivity contribution in [3.8, 4) is 0 Å². The summed E-state index contributed by atoms with van der Waals surface area (Å²) in [5, 5.41) is 12.0. The van der Waals surface area contributed by atoms with Gasteiger partial charge in [0.15, 0.2) is 5.69 Å². The highest BCUT2D eigenvalue weighted by molar-refractivity contribution is 5.94. The number of hydrogen-bond acceptors (Lipinski definition) is 3. The third-order valence-corrected chi connectivity index (χ3v) is 5.47. The van der Waals surface area contributed by atoms with E-state index in [1.165, 1.54) is 0 Å². The Morgan fingerprint density at radius 1 is 1.40 bits per heavy atom. The number of carbonyl (C=O) groups is 1. The molecule has 0 spiro atoms. The Morgan fingerprint density at radius 2 is 2.12 bits per heavy atom. The monoisotopic (exact) mass is 343 g/mol. The summed E-state index contributed by atoms with van der Waals surface area (Å²) in [5.74, 6) is 0.621. The fourth-order valence-corrected chi connectivity index (χ4v) is 3.69. The fraction of sp³-hybridized carbons (Fsp3) is 0.632. The zero-order chi connectivity index (χ0) is 18.3. The number of H-pyrrole nitrogens is 1. The number of carbonyl (C=O) groups excluding carboxylic acids is 1. The number of amides is 1. The van der Waals surface area contributed by atoms with E-state index in [4.69, 9.17) is 0 Å². The number of aryl methyl sites for hydroxylation is 3. The van der Waals surface area contributed by atoms with Crippen LogP contribution in [-0.4, -0.2) is 36.8 Å². The van der Waals surface area contributed by atoms with Gasteiger partial charge in [-0.3, -0.25) is 14.6 Å². The van der Waals surface area contributed by atoms with Crippen LogP contribution < -0.4 is 0 Å². The minimum Gasteiger partial charge on any atom is -0.330 e. The molecule has 1 aliphatic carbocycles. The Labute approximate surface area is 149 Å². The van der Waals surface area contributed by atoms with Crippen molar-refractivity contribution in [3.05, 3.63) is 33.9 Å². The number of fused-ring (bicyclic) bond motifs is 1. The lowest BCUT2D eigenvalue weighted by Gasteiger charge is -2.27. The van der Waals surface area contributed by atoms with Crippen molar-refractivity contribution in [2.24, 2.45) is 13.0 Å². The quantitative estimate of drug-likeness (QED) is 0.928. The Balaban J connectivity index is 1.91. The van der Waals surface area contributed by atoms with E-state index < -0.39 is 0 Å². The Bertz CT molecular complexity index is 786. The van der Waals surface area contributed by atoms with E-state index in [9.17, 15) is 4.79 Å². The van der Waals surface area contributed by atoms with E-state index in [2.05, 4.69) is 43.0 Å². The van der Waals surface area contributed by atoms with Crippen molar-refractivity contribution in [1.82, 2.24) is 24.9 Å². The smallest absolute Gasteiger partial charge is 0.275 e. The standard InChI is InChI=1S/C19H29N5O/c1-11(2)24(10-16-13(4)22-23(6)14(16)5)19(25)18-15-9-12(3)7-8-17(15)20-21-18/h11-12H,7-10H2,1-6H3,(H,20,21). The van der Waals surface area contributed by atoms with E-state index >= 15 is 0 Å². The van der Waals surface area contributed by atoms with Crippen LogP contribution in [0.2, 0.25) is 0 Å². The van der Waals surface area contributed by atoms with Crippen LogP contribution in [0.3, 0.4) is 0 Å². The summed E-state index contributed by atoms with van der Waals surface area (Å²) in [6.45, 7) is 11.0. The van der Waals surface area contributed by atoms with Crippen molar-refractivity contribution in [2.75, 3.05) is 0 Å². The largest absolute Gasteiger partial charge is 0.330 e. The lowest BCUT2D eigenvalue weighted by Crippen LogP contribution is -2.37. The lowest BCUT2D eigenvalue weighted by molar-refractivity contribution is 0.0682. The third kappa shape index (κ3) is 3.22. The predicted octanol–water partition coefficient (Wildman–Crippen LogP) is 2.94. The van der Waals surface area contributed by atoms with Gasteiger partial charge in [0.2, 0.25) is 0 Å². The Morgan fingerprint density at radius 3 is 2.72 bits per heavy atom. The van der Waals surface area contributed by atoms with Gasteiger partial charge in [0, 0.05) is 42.1 Å². The SMILES string of the molecule is Cc1nn(C)c(C)c1CN(C(=O)c1n[nH]c2c1CC(C)CC2)C(C)C. The molecule has 6 heteroatoms. The number of aromatic amines is 1. The van der Waals surface area contributed by atoms with E-state index in [0.717, 1.165) is 47.5 Å². The first-order valence-corrected chi connectivity index (χ1v) is 9.15. The molecule has 3 rings (SSSR count). The first-order chi connectivity index (χ1) is 11.8. The van der Waals surface area contributed by atoms with E-state index in [1.54, 1.807) is 0 Å². The number of rotatable bonds is 4. The van der Waals surface area contributed by atoms with Crippen LogP contribution in [0.1, 0.15) is 65.9 Å². The summed E-state index contributed by atoms with van der Waals surface area (Å²) in [4.78, 5) is 15.2. The maximum Gasteiger partial charge on any atom is 0.275 e. The molecule has 1 unspecified atom stereocenters. The van der Waals surface area contributed by atoms with Crippen LogP contribution >= 0.6 is 0 Å². The van der Waals surface area contributed by atoms with Gasteiger partial charge < -0.3 is 4.90 Å². The van der Waals surface area contributed by atoms with E-state index in [1.807, 2.05) is 23.6 Å². The highest BCUT2D eigenvalue weighted by Crippen LogP contribution is 2.28. The molecule has 0 saturated carbocycles. The van der Waals surface area contributed by atoms with E-state index in [0.29, 0.717) is 18.2 Å². The first kappa shape index (κ1) is 17.7. The zero-order valence-corrected chi connectivity index (χ0v) is 16.2. The molecule has 6 nitrogen and oxygen atoms in total. The van der Waals surface area contributed by atoms with Gasteiger partial charge >= 0.3 is 0 Å². The second-order valence-electron chi connectivity index (χ2n) is 7.68. The molecule has 0 aliphatic heterocycles. The van der Waals surface area contributed by atoms with Gasteiger partial charge in [0.05, 0.1) is 5.69 Å². The van der Waals surface area contributed by atoms with Crippen LogP contribution in [0.5, 0.6) is 0 Å². The number of nitrogens with one attached hydrogen (secondary N) is 1. The lowest BCUT2D eigenvalue weighted by atomic mass is 9.87. The van der Waals surface area contributed by atoms with Gasteiger partial charge in [-0.2, -0.15) is 10.2 Å². The maximum absolute atomic E-state index is 13.3. The molecule has 0 aromatic carbocycles.